The summed E-state index contributed by atoms with van der Waals surface area (Å²) in [6, 6.07) is 10.2. The van der Waals surface area contributed by atoms with E-state index < -0.39 is 46.6 Å². The normalized spacial score (nSPS) is 20.6. The van der Waals surface area contributed by atoms with E-state index in [0.29, 0.717) is 18.7 Å². The number of sulfonamides is 1. The molecule has 36 heavy (non-hydrogen) atoms. The lowest BCUT2D eigenvalue weighted by Gasteiger charge is -2.22. The number of carbonyl (C=O) groups excluding carboxylic acids is 3. The quantitative estimate of drug-likeness (QED) is 0.514. The highest BCUT2D eigenvalue weighted by atomic mass is 32.2. The van der Waals surface area contributed by atoms with Gasteiger partial charge in [0.2, 0.25) is 15.9 Å². The van der Waals surface area contributed by atoms with Gasteiger partial charge in [0.15, 0.2) is 0 Å². The number of rotatable bonds is 8. The van der Waals surface area contributed by atoms with Crippen molar-refractivity contribution in [2.45, 2.75) is 36.8 Å². The van der Waals surface area contributed by atoms with Gasteiger partial charge in [0.05, 0.1) is 4.90 Å². The molecule has 0 bridgehead atoms. The van der Waals surface area contributed by atoms with Gasteiger partial charge in [-0.2, -0.15) is 13.1 Å². The maximum absolute atomic E-state index is 13.0. The van der Waals surface area contributed by atoms with Crippen molar-refractivity contribution in [1.29, 1.82) is 0 Å². The number of hydrogen-bond donors (Lipinski definition) is 2. The van der Waals surface area contributed by atoms with Crippen LogP contribution in [0.1, 0.15) is 25.3 Å². The second-order valence-corrected chi connectivity index (χ2v) is 10.5. The second kappa shape index (κ2) is 9.82. The summed E-state index contributed by atoms with van der Waals surface area (Å²) in [6.45, 7) is -1.32. The van der Waals surface area contributed by atoms with E-state index in [9.17, 15) is 31.6 Å². The molecule has 2 aliphatic rings. The molecule has 192 valence electrons. The lowest BCUT2D eigenvalue weighted by molar-refractivity contribution is -0.133. The van der Waals surface area contributed by atoms with Crippen molar-refractivity contribution >= 4 is 33.6 Å². The Bertz CT molecular complexity index is 1280. The summed E-state index contributed by atoms with van der Waals surface area (Å²) in [5.74, 6) is -1.53. The van der Waals surface area contributed by atoms with Crippen LogP contribution in [0, 0.1) is 0 Å². The van der Waals surface area contributed by atoms with Gasteiger partial charge in [0, 0.05) is 18.8 Å². The first kappa shape index (κ1) is 25.5. The van der Waals surface area contributed by atoms with Crippen molar-refractivity contribution in [3.63, 3.8) is 0 Å². The summed E-state index contributed by atoms with van der Waals surface area (Å²) in [7, 11) is -3.69. The number of imide groups is 1. The zero-order valence-electron chi connectivity index (χ0n) is 19.2. The largest absolute Gasteiger partial charge is 0.435 e. The molecule has 2 aromatic carbocycles. The van der Waals surface area contributed by atoms with Crippen molar-refractivity contribution in [3.8, 4) is 5.75 Å². The number of carbonyl (C=O) groups is 3. The lowest BCUT2D eigenvalue weighted by atomic mass is 9.92. The number of benzene rings is 2. The number of nitrogens with zero attached hydrogens (tertiary/aromatic N) is 2. The molecule has 0 saturated carbocycles. The minimum Gasteiger partial charge on any atom is -0.435 e. The molecule has 0 unspecified atom stereocenters. The highest BCUT2D eigenvalue weighted by Crippen LogP contribution is 2.30. The SMILES string of the molecule is C[C@@]1(c2ccc(OC(F)F)cc2)NC(=O)N(CC(=O)Nc2cccc(S(=O)(=O)N3CCCC3)c2)C1=O. The van der Waals surface area contributed by atoms with Gasteiger partial charge in [-0.15, -0.1) is 0 Å². The predicted molar refractivity (Wildman–Crippen MR) is 124 cm³/mol. The highest BCUT2D eigenvalue weighted by molar-refractivity contribution is 7.89. The zero-order chi connectivity index (χ0) is 26.1. The molecule has 2 saturated heterocycles. The third kappa shape index (κ3) is 5.02. The Morgan fingerprint density at radius 2 is 1.81 bits per heavy atom. The minimum absolute atomic E-state index is 0.0315. The molecular formula is C23H24F2N4O6S. The van der Waals surface area contributed by atoms with E-state index in [1.54, 1.807) is 0 Å². The fourth-order valence-corrected chi connectivity index (χ4v) is 5.73. The minimum atomic E-state index is -3.69. The van der Waals surface area contributed by atoms with Gasteiger partial charge in [-0.1, -0.05) is 18.2 Å². The molecule has 4 amide bonds. The maximum Gasteiger partial charge on any atom is 0.387 e. The van der Waals surface area contributed by atoms with Crippen LogP contribution < -0.4 is 15.4 Å². The Balaban J connectivity index is 1.44. The maximum atomic E-state index is 13.0. The Hall–Kier alpha value is -3.58. The summed E-state index contributed by atoms with van der Waals surface area (Å²) in [6.07, 6.45) is 1.57. The average molecular weight is 523 g/mol. The van der Waals surface area contributed by atoms with Gasteiger partial charge >= 0.3 is 12.6 Å². The van der Waals surface area contributed by atoms with Crippen molar-refractivity contribution in [2.75, 3.05) is 25.0 Å². The summed E-state index contributed by atoms with van der Waals surface area (Å²) in [5, 5.41) is 5.04. The molecule has 2 N–H and O–H groups in total. The van der Waals surface area contributed by atoms with Gasteiger partial charge in [-0.3, -0.25) is 14.5 Å². The monoisotopic (exact) mass is 522 g/mol. The number of nitrogens with one attached hydrogen (secondary N) is 2. The lowest BCUT2D eigenvalue weighted by Crippen LogP contribution is -2.42. The molecule has 0 aromatic heterocycles. The van der Waals surface area contributed by atoms with Crippen LogP contribution >= 0.6 is 0 Å². The Kier molecular flexibility index (Phi) is 6.96. The molecule has 2 aromatic rings. The fourth-order valence-electron chi connectivity index (χ4n) is 4.16. The van der Waals surface area contributed by atoms with E-state index in [1.807, 2.05) is 0 Å². The molecule has 1 atom stereocenters. The first-order chi connectivity index (χ1) is 17.0. The predicted octanol–water partition coefficient (Wildman–Crippen LogP) is 2.48. The molecule has 0 spiro atoms. The van der Waals surface area contributed by atoms with Crippen LogP contribution in [-0.2, 0) is 25.2 Å². The summed E-state index contributed by atoms with van der Waals surface area (Å²) < 4.78 is 56.0. The van der Waals surface area contributed by atoms with Crippen LogP contribution in [0.25, 0.3) is 0 Å². The molecule has 10 nitrogen and oxygen atoms in total. The highest BCUT2D eigenvalue weighted by Gasteiger charge is 2.49. The van der Waals surface area contributed by atoms with Crippen molar-refractivity contribution in [2.24, 2.45) is 0 Å². The van der Waals surface area contributed by atoms with E-state index in [2.05, 4.69) is 15.4 Å². The zero-order valence-corrected chi connectivity index (χ0v) is 20.1. The number of anilines is 1. The smallest absolute Gasteiger partial charge is 0.387 e. The van der Waals surface area contributed by atoms with E-state index in [1.165, 1.54) is 59.8 Å². The van der Waals surface area contributed by atoms with Crippen LogP contribution in [0.4, 0.5) is 19.3 Å². The number of hydrogen-bond acceptors (Lipinski definition) is 6. The number of ether oxygens (including phenoxy) is 1. The van der Waals surface area contributed by atoms with Gasteiger partial charge in [0.1, 0.15) is 17.8 Å². The van der Waals surface area contributed by atoms with Crippen LogP contribution in [0.2, 0.25) is 0 Å². The third-order valence-corrected chi connectivity index (χ3v) is 7.95. The van der Waals surface area contributed by atoms with E-state index in [0.717, 1.165) is 17.7 Å². The number of halogens is 2. The summed E-state index contributed by atoms with van der Waals surface area (Å²) in [5.41, 5.74) is -1.01. The topological polar surface area (TPSA) is 125 Å². The van der Waals surface area contributed by atoms with Crippen molar-refractivity contribution in [3.05, 3.63) is 54.1 Å². The first-order valence-corrected chi connectivity index (χ1v) is 12.5. The number of amides is 4. The molecule has 4 rings (SSSR count). The standard InChI is InChI=1S/C23H24F2N4O6S/c1-23(15-7-9-17(10-8-15)35-21(24)25)20(31)29(22(32)27-23)14-19(30)26-16-5-4-6-18(13-16)36(33,34)28-11-2-3-12-28/h4-10,13,21H,2-3,11-12,14H2,1H3,(H,26,30)(H,27,32)/t23-/m0/s1. The Morgan fingerprint density at radius 3 is 2.44 bits per heavy atom. The third-order valence-electron chi connectivity index (χ3n) is 6.05. The van der Waals surface area contributed by atoms with Crippen LogP contribution in [0.15, 0.2) is 53.4 Å². The molecule has 0 aliphatic carbocycles. The summed E-state index contributed by atoms with van der Waals surface area (Å²) >= 11 is 0. The molecule has 2 fully saturated rings. The Labute approximate surface area is 206 Å². The summed E-state index contributed by atoms with van der Waals surface area (Å²) in [4.78, 5) is 39.0. The number of urea groups is 1. The first-order valence-electron chi connectivity index (χ1n) is 11.1. The second-order valence-electron chi connectivity index (χ2n) is 8.54. The molecule has 0 radical (unpaired) electrons. The molecule has 2 aliphatic heterocycles. The van der Waals surface area contributed by atoms with Crippen molar-refractivity contribution in [1.82, 2.24) is 14.5 Å². The average Bonchev–Trinajstić information content (AvgIpc) is 3.44. The van der Waals surface area contributed by atoms with Gasteiger partial charge in [0.25, 0.3) is 5.91 Å². The van der Waals surface area contributed by atoms with E-state index in [4.69, 9.17) is 0 Å². The van der Waals surface area contributed by atoms with Gasteiger partial charge in [-0.25, -0.2) is 13.2 Å². The van der Waals surface area contributed by atoms with Gasteiger partial charge < -0.3 is 15.4 Å². The van der Waals surface area contributed by atoms with E-state index in [-0.39, 0.29) is 16.3 Å². The Morgan fingerprint density at radius 1 is 1.14 bits per heavy atom. The van der Waals surface area contributed by atoms with Crippen molar-refractivity contribution < 1.29 is 36.3 Å². The van der Waals surface area contributed by atoms with E-state index >= 15 is 0 Å². The van der Waals surface area contributed by atoms with Gasteiger partial charge in [-0.05, 0) is 55.7 Å². The van der Waals surface area contributed by atoms with Crippen LogP contribution in [0.5, 0.6) is 5.75 Å². The number of alkyl halides is 2. The molecular weight excluding hydrogens is 498 g/mol. The molecule has 2 heterocycles. The van der Waals surface area contributed by atoms with Crippen LogP contribution in [-0.4, -0.2) is 61.7 Å². The fraction of sp³-hybridized carbons (Fsp3) is 0.348. The van der Waals surface area contributed by atoms with Crippen LogP contribution in [0.3, 0.4) is 0 Å². The molecule has 13 heteroatoms.